The lowest BCUT2D eigenvalue weighted by atomic mass is 10.1. The molecule has 20 heavy (non-hydrogen) atoms. The van der Waals surface area contributed by atoms with Gasteiger partial charge >= 0.3 is 0 Å². The number of rotatable bonds is 6. The Morgan fingerprint density at radius 2 is 1.65 bits per heavy atom. The Labute approximate surface area is 118 Å². The first-order chi connectivity index (χ1) is 9.65. The Kier molecular flexibility index (Phi) is 5.02. The standard InChI is InChI=1S/C17H17F2N/c1-13(15-5-3-2-4-6-15)12-20-8-7-14-9-16(18)11-17(19)10-14/h2-6,9-11,20H,1,7-8,12H2. The van der Waals surface area contributed by atoms with Crippen molar-refractivity contribution in [3.05, 3.63) is 77.9 Å². The van der Waals surface area contributed by atoms with E-state index in [2.05, 4.69) is 11.9 Å². The van der Waals surface area contributed by atoms with Crippen molar-refractivity contribution in [1.82, 2.24) is 5.32 Å². The van der Waals surface area contributed by atoms with Gasteiger partial charge in [-0.05, 0) is 41.8 Å². The van der Waals surface area contributed by atoms with E-state index in [-0.39, 0.29) is 0 Å². The lowest BCUT2D eigenvalue weighted by Gasteiger charge is -2.08. The van der Waals surface area contributed by atoms with Crippen molar-refractivity contribution in [2.45, 2.75) is 6.42 Å². The molecule has 0 aliphatic carbocycles. The molecule has 0 heterocycles. The first kappa shape index (κ1) is 14.4. The van der Waals surface area contributed by atoms with E-state index < -0.39 is 11.6 Å². The van der Waals surface area contributed by atoms with Gasteiger partial charge in [-0.1, -0.05) is 36.9 Å². The highest BCUT2D eigenvalue weighted by molar-refractivity contribution is 5.64. The highest BCUT2D eigenvalue weighted by atomic mass is 19.1. The molecule has 2 aromatic rings. The van der Waals surface area contributed by atoms with E-state index in [1.54, 1.807) is 0 Å². The van der Waals surface area contributed by atoms with Gasteiger partial charge in [0, 0.05) is 12.6 Å². The molecule has 0 aliphatic heterocycles. The molecule has 0 atom stereocenters. The van der Waals surface area contributed by atoms with Crippen LogP contribution in [0.15, 0.2) is 55.1 Å². The zero-order valence-corrected chi connectivity index (χ0v) is 11.2. The molecule has 104 valence electrons. The average Bonchev–Trinajstić information content (AvgIpc) is 2.43. The molecule has 0 unspecified atom stereocenters. The van der Waals surface area contributed by atoms with Gasteiger partial charge in [-0.25, -0.2) is 8.78 Å². The van der Waals surface area contributed by atoms with Gasteiger partial charge < -0.3 is 5.32 Å². The van der Waals surface area contributed by atoms with E-state index in [0.29, 0.717) is 25.1 Å². The van der Waals surface area contributed by atoms with E-state index in [0.717, 1.165) is 17.2 Å². The molecule has 3 heteroatoms. The van der Waals surface area contributed by atoms with Crippen LogP contribution in [0.4, 0.5) is 8.78 Å². The average molecular weight is 273 g/mol. The molecular formula is C17H17F2N. The summed E-state index contributed by atoms with van der Waals surface area (Å²) in [5.74, 6) is -1.07. The van der Waals surface area contributed by atoms with E-state index in [9.17, 15) is 8.78 Å². The summed E-state index contributed by atoms with van der Waals surface area (Å²) in [6, 6.07) is 13.5. The predicted octanol–water partition coefficient (Wildman–Crippen LogP) is 3.81. The fraction of sp³-hybridized carbons (Fsp3) is 0.176. The molecule has 1 N–H and O–H groups in total. The van der Waals surface area contributed by atoms with Gasteiger partial charge in [-0.15, -0.1) is 0 Å². The molecule has 2 rings (SSSR count). The van der Waals surface area contributed by atoms with E-state index in [4.69, 9.17) is 0 Å². The summed E-state index contributed by atoms with van der Waals surface area (Å²) in [5, 5.41) is 3.23. The Hall–Kier alpha value is -2.00. The Morgan fingerprint density at radius 3 is 2.30 bits per heavy atom. The summed E-state index contributed by atoms with van der Waals surface area (Å²) < 4.78 is 26.0. The fourth-order valence-electron chi connectivity index (χ4n) is 2.00. The van der Waals surface area contributed by atoms with Crippen molar-refractivity contribution in [2.24, 2.45) is 0 Å². The van der Waals surface area contributed by atoms with Gasteiger partial charge in [-0.3, -0.25) is 0 Å². The highest BCUT2D eigenvalue weighted by Crippen LogP contribution is 2.10. The maximum Gasteiger partial charge on any atom is 0.126 e. The van der Waals surface area contributed by atoms with Crippen LogP contribution in [-0.2, 0) is 6.42 Å². The summed E-state index contributed by atoms with van der Waals surface area (Å²) in [4.78, 5) is 0. The molecule has 0 aromatic heterocycles. The third-order valence-corrected chi connectivity index (χ3v) is 3.03. The predicted molar refractivity (Wildman–Crippen MR) is 78.4 cm³/mol. The molecule has 0 spiro atoms. The normalized spacial score (nSPS) is 10.5. The monoisotopic (exact) mass is 273 g/mol. The molecule has 2 aromatic carbocycles. The molecule has 0 aliphatic rings. The summed E-state index contributed by atoms with van der Waals surface area (Å²) in [6.45, 7) is 5.32. The largest absolute Gasteiger partial charge is 0.312 e. The molecule has 0 saturated heterocycles. The van der Waals surface area contributed by atoms with Crippen molar-refractivity contribution < 1.29 is 8.78 Å². The van der Waals surface area contributed by atoms with Crippen molar-refractivity contribution in [3.8, 4) is 0 Å². The van der Waals surface area contributed by atoms with Crippen LogP contribution in [0.3, 0.4) is 0 Å². The lowest BCUT2D eigenvalue weighted by Crippen LogP contribution is -2.19. The first-order valence-corrected chi connectivity index (χ1v) is 6.54. The zero-order chi connectivity index (χ0) is 14.4. The van der Waals surface area contributed by atoms with Gasteiger partial charge in [-0.2, -0.15) is 0 Å². The molecule has 0 amide bonds. The smallest absolute Gasteiger partial charge is 0.126 e. The van der Waals surface area contributed by atoms with Crippen molar-refractivity contribution in [2.75, 3.05) is 13.1 Å². The van der Waals surface area contributed by atoms with Gasteiger partial charge in [0.05, 0.1) is 0 Å². The second-order valence-corrected chi connectivity index (χ2v) is 4.67. The number of halogens is 2. The number of hydrogen-bond donors (Lipinski definition) is 1. The minimum atomic E-state index is -0.534. The van der Waals surface area contributed by atoms with Crippen molar-refractivity contribution in [3.63, 3.8) is 0 Å². The van der Waals surface area contributed by atoms with Crippen LogP contribution >= 0.6 is 0 Å². The van der Waals surface area contributed by atoms with Crippen LogP contribution in [0.25, 0.3) is 5.57 Å². The molecule has 0 saturated carbocycles. The second-order valence-electron chi connectivity index (χ2n) is 4.67. The maximum absolute atomic E-state index is 13.0. The van der Waals surface area contributed by atoms with E-state index >= 15 is 0 Å². The van der Waals surface area contributed by atoms with Gasteiger partial charge in [0.1, 0.15) is 11.6 Å². The second kappa shape index (κ2) is 6.96. The number of benzene rings is 2. The van der Waals surface area contributed by atoms with Gasteiger partial charge in [0.25, 0.3) is 0 Å². The number of nitrogens with one attached hydrogen (secondary N) is 1. The van der Waals surface area contributed by atoms with Crippen LogP contribution in [0.1, 0.15) is 11.1 Å². The SMILES string of the molecule is C=C(CNCCc1cc(F)cc(F)c1)c1ccccc1. The minimum absolute atomic E-state index is 0.534. The molecule has 0 bridgehead atoms. The van der Waals surface area contributed by atoms with E-state index in [1.807, 2.05) is 30.3 Å². The van der Waals surface area contributed by atoms with Crippen LogP contribution in [0, 0.1) is 11.6 Å². The Balaban J connectivity index is 1.78. The van der Waals surface area contributed by atoms with Crippen LogP contribution in [0.5, 0.6) is 0 Å². The summed E-state index contributed by atoms with van der Waals surface area (Å²) >= 11 is 0. The topological polar surface area (TPSA) is 12.0 Å². The van der Waals surface area contributed by atoms with Crippen molar-refractivity contribution >= 4 is 5.57 Å². The van der Waals surface area contributed by atoms with Crippen LogP contribution in [-0.4, -0.2) is 13.1 Å². The third-order valence-electron chi connectivity index (χ3n) is 3.03. The molecule has 0 fully saturated rings. The lowest BCUT2D eigenvalue weighted by molar-refractivity contribution is 0.578. The zero-order valence-electron chi connectivity index (χ0n) is 11.2. The summed E-state index contributed by atoms with van der Waals surface area (Å²) in [7, 11) is 0. The fourth-order valence-corrected chi connectivity index (χ4v) is 2.00. The third kappa shape index (κ3) is 4.28. The highest BCUT2D eigenvalue weighted by Gasteiger charge is 2.01. The van der Waals surface area contributed by atoms with Crippen LogP contribution in [0.2, 0.25) is 0 Å². The van der Waals surface area contributed by atoms with Crippen molar-refractivity contribution in [1.29, 1.82) is 0 Å². The Morgan fingerprint density at radius 1 is 1.00 bits per heavy atom. The van der Waals surface area contributed by atoms with Gasteiger partial charge in [0.15, 0.2) is 0 Å². The quantitative estimate of drug-likeness (QED) is 0.789. The first-order valence-electron chi connectivity index (χ1n) is 6.54. The summed E-state index contributed by atoms with van der Waals surface area (Å²) in [6.07, 6.45) is 0.580. The molecule has 1 nitrogen and oxygen atoms in total. The van der Waals surface area contributed by atoms with Gasteiger partial charge in [0.2, 0.25) is 0 Å². The minimum Gasteiger partial charge on any atom is -0.312 e. The Bertz CT molecular complexity index is 559. The molecule has 0 radical (unpaired) electrons. The summed E-state index contributed by atoms with van der Waals surface area (Å²) in [5.41, 5.74) is 2.74. The van der Waals surface area contributed by atoms with Crippen LogP contribution < -0.4 is 5.32 Å². The molecular weight excluding hydrogens is 256 g/mol. The number of hydrogen-bond acceptors (Lipinski definition) is 1. The van der Waals surface area contributed by atoms with E-state index in [1.165, 1.54) is 12.1 Å². The maximum atomic E-state index is 13.0.